The molecule has 0 spiro atoms. The van der Waals surface area contributed by atoms with E-state index in [1.165, 1.54) is 18.2 Å². The fourth-order valence-electron chi connectivity index (χ4n) is 5.22. The number of hydrogen-bond donors (Lipinski definition) is 2. The molecule has 0 bridgehead atoms. The number of methoxy groups -OCH3 is 1. The highest BCUT2D eigenvalue weighted by Crippen LogP contribution is 2.43. The van der Waals surface area contributed by atoms with E-state index in [0.29, 0.717) is 46.1 Å². The molecule has 0 radical (unpaired) electrons. The van der Waals surface area contributed by atoms with Gasteiger partial charge in [0.05, 0.1) is 12.1 Å². The number of amides is 1. The molecule has 2 heterocycles. The summed E-state index contributed by atoms with van der Waals surface area (Å²) in [6, 6.07) is 13.3. The second-order valence-corrected chi connectivity index (χ2v) is 10.3. The predicted molar refractivity (Wildman–Crippen MR) is 151 cm³/mol. The molecule has 1 unspecified atom stereocenters. The highest BCUT2D eigenvalue weighted by atomic mass is 35.5. The summed E-state index contributed by atoms with van der Waals surface area (Å²) in [6.45, 7) is 3.87. The number of aromatic nitrogens is 1. The van der Waals surface area contributed by atoms with Gasteiger partial charge in [-0.15, -0.1) is 0 Å². The molecule has 1 aliphatic heterocycles. The van der Waals surface area contributed by atoms with Crippen LogP contribution in [0.25, 0.3) is 0 Å². The Hall–Kier alpha value is -4.17. The average Bonchev–Trinajstić information content (AvgIpc) is 2.93. The van der Waals surface area contributed by atoms with E-state index >= 15 is 0 Å². The number of nitrogens with one attached hydrogen (secondary N) is 2. The van der Waals surface area contributed by atoms with Crippen LogP contribution in [0.4, 0.5) is 10.2 Å². The number of benzene rings is 2. The van der Waals surface area contributed by atoms with E-state index in [1.54, 1.807) is 25.4 Å². The van der Waals surface area contributed by atoms with Crippen LogP contribution >= 0.6 is 11.6 Å². The monoisotopic (exact) mass is 561 g/mol. The zero-order valence-electron chi connectivity index (χ0n) is 22.4. The molecular formula is C31H29ClFN3O4. The summed E-state index contributed by atoms with van der Waals surface area (Å²) in [5, 5.41) is 6.21. The third-order valence-electron chi connectivity index (χ3n) is 7.10. The minimum Gasteiger partial charge on any atom is -0.496 e. The molecule has 3 aromatic rings. The van der Waals surface area contributed by atoms with E-state index in [2.05, 4.69) is 15.6 Å². The fraction of sp³-hybridized carbons (Fsp3) is 0.258. The number of hydrogen-bond acceptors (Lipinski definition) is 6. The summed E-state index contributed by atoms with van der Waals surface area (Å²) >= 11 is 5.92. The quantitative estimate of drug-likeness (QED) is 0.348. The van der Waals surface area contributed by atoms with Gasteiger partial charge in [-0.1, -0.05) is 17.7 Å². The highest BCUT2D eigenvalue weighted by Gasteiger charge is 2.38. The average molecular weight is 562 g/mol. The number of rotatable bonds is 7. The van der Waals surface area contributed by atoms with Gasteiger partial charge >= 0.3 is 0 Å². The van der Waals surface area contributed by atoms with Gasteiger partial charge in [0, 0.05) is 52.7 Å². The van der Waals surface area contributed by atoms with Gasteiger partial charge < -0.3 is 20.1 Å². The lowest BCUT2D eigenvalue weighted by atomic mass is 9.74. The van der Waals surface area contributed by atoms with Gasteiger partial charge in [0.25, 0.3) is 5.91 Å². The molecule has 2 aliphatic rings. The topological polar surface area (TPSA) is 89.5 Å². The molecule has 1 amide bonds. The summed E-state index contributed by atoms with van der Waals surface area (Å²) in [5.74, 6) is -0.0540. The second kappa shape index (κ2) is 11.5. The Morgan fingerprint density at radius 3 is 2.73 bits per heavy atom. The van der Waals surface area contributed by atoms with Crippen LogP contribution in [0.15, 0.2) is 77.3 Å². The number of ketones is 1. The van der Waals surface area contributed by atoms with Crippen molar-refractivity contribution in [2.24, 2.45) is 0 Å². The summed E-state index contributed by atoms with van der Waals surface area (Å²) in [6.07, 6.45) is 3.53. The lowest BCUT2D eigenvalue weighted by Crippen LogP contribution is -2.35. The first-order valence-electron chi connectivity index (χ1n) is 13.0. The molecular weight excluding hydrogens is 533 g/mol. The molecule has 0 saturated heterocycles. The lowest BCUT2D eigenvalue weighted by molar-refractivity contribution is -0.116. The number of dihydropyridines is 1. The number of allylic oxidation sites excluding steroid dienone is 3. The molecule has 1 aromatic heterocycles. The second-order valence-electron chi connectivity index (χ2n) is 9.87. The molecule has 7 nitrogen and oxygen atoms in total. The maximum atomic E-state index is 13.8. The number of anilines is 1. The largest absolute Gasteiger partial charge is 0.496 e. The maximum absolute atomic E-state index is 13.8. The Morgan fingerprint density at radius 2 is 1.98 bits per heavy atom. The van der Waals surface area contributed by atoms with Gasteiger partial charge in [-0.2, -0.15) is 0 Å². The molecule has 1 atom stereocenters. The lowest BCUT2D eigenvalue weighted by Gasteiger charge is -2.34. The minimum absolute atomic E-state index is 0.0137. The Balaban J connectivity index is 1.54. The first-order valence-corrected chi connectivity index (χ1v) is 13.4. The number of halogens is 2. The normalized spacial score (nSPS) is 16.8. The third kappa shape index (κ3) is 5.58. The van der Waals surface area contributed by atoms with Gasteiger partial charge in [-0.05, 0) is 74.2 Å². The summed E-state index contributed by atoms with van der Waals surface area (Å²) in [7, 11) is 1.56. The van der Waals surface area contributed by atoms with Gasteiger partial charge in [0.15, 0.2) is 5.78 Å². The molecule has 0 fully saturated rings. The Morgan fingerprint density at radius 1 is 1.15 bits per heavy atom. The minimum atomic E-state index is -0.598. The van der Waals surface area contributed by atoms with Crippen LogP contribution in [-0.4, -0.2) is 23.8 Å². The van der Waals surface area contributed by atoms with Crippen molar-refractivity contribution >= 4 is 29.1 Å². The van der Waals surface area contributed by atoms with E-state index in [-0.39, 0.29) is 23.3 Å². The number of nitrogens with zero attached hydrogens (tertiary/aromatic N) is 1. The predicted octanol–water partition coefficient (Wildman–Crippen LogP) is 6.38. The summed E-state index contributed by atoms with van der Waals surface area (Å²) in [5.41, 5.74) is 4.98. The SMILES string of the molecule is COc1ccc(C2C(C(=O)Nc3cc(C)ccn3)=C(C)NC3=C2C(=O)CCC3)cc1COc1ccc(F)c(Cl)c1. The van der Waals surface area contributed by atoms with Crippen molar-refractivity contribution in [3.8, 4) is 11.5 Å². The molecule has 5 rings (SSSR count). The number of carbonyl (C=O) groups is 2. The van der Waals surface area contributed by atoms with Crippen molar-refractivity contribution in [1.82, 2.24) is 10.3 Å². The molecule has 206 valence electrons. The Kier molecular flexibility index (Phi) is 7.89. The van der Waals surface area contributed by atoms with Crippen molar-refractivity contribution in [3.05, 3.63) is 105 Å². The number of carbonyl (C=O) groups excluding carboxylic acids is 2. The smallest absolute Gasteiger partial charge is 0.255 e. The highest BCUT2D eigenvalue weighted by molar-refractivity contribution is 6.30. The number of Topliss-reactive ketones (excluding diaryl/α,β-unsaturated/α-hetero) is 1. The zero-order valence-corrected chi connectivity index (χ0v) is 23.2. The van der Waals surface area contributed by atoms with Crippen LogP contribution in [-0.2, 0) is 16.2 Å². The molecule has 0 saturated carbocycles. The first kappa shape index (κ1) is 27.4. The van der Waals surface area contributed by atoms with Crippen LogP contribution in [0, 0.1) is 12.7 Å². The van der Waals surface area contributed by atoms with Crippen LogP contribution in [0.5, 0.6) is 11.5 Å². The first-order chi connectivity index (χ1) is 19.2. The molecule has 40 heavy (non-hydrogen) atoms. The van der Waals surface area contributed by atoms with Crippen LogP contribution < -0.4 is 20.1 Å². The Bertz CT molecular complexity index is 1570. The van der Waals surface area contributed by atoms with E-state index in [0.717, 1.165) is 29.7 Å². The van der Waals surface area contributed by atoms with Crippen LogP contribution in [0.2, 0.25) is 5.02 Å². The fourth-order valence-corrected chi connectivity index (χ4v) is 5.39. The molecule has 2 N–H and O–H groups in total. The van der Waals surface area contributed by atoms with Gasteiger partial charge in [-0.3, -0.25) is 9.59 Å². The Labute approximate surface area is 237 Å². The van der Waals surface area contributed by atoms with E-state index in [1.807, 2.05) is 32.0 Å². The van der Waals surface area contributed by atoms with Crippen LogP contribution in [0.3, 0.4) is 0 Å². The van der Waals surface area contributed by atoms with Crippen molar-refractivity contribution in [2.45, 2.75) is 45.6 Å². The molecule has 1 aliphatic carbocycles. The van der Waals surface area contributed by atoms with E-state index in [9.17, 15) is 14.0 Å². The van der Waals surface area contributed by atoms with Crippen molar-refractivity contribution in [3.63, 3.8) is 0 Å². The standard InChI is InChI=1S/C31H29ClFN3O4/c1-17-11-12-34-27(13-17)36-31(38)28-18(2)35-24-5-4-6-25(37)30(24)29(28)19-7-10-26(39-3)20(14-19)16-40-21-8-9-23(33)22(32)15-21/h7-15,29,35H,4-6,16H2,1-3H3,(H,34,36,38). The van der Waals surface area contributed by atoms with Crippen molar-refractivity contribution in [1.29, 1.82) is 0 Å². The third-order valence-corrected chi connectivity index (χ3v) is 7.39. The molecule has 9 heteroatoms. The molecule has 2 aromatic carbocycles. The summed E-state index contributed by atoms with van der Waals surface area (Å²) in [4.78, 5) is 31.3. The van der Waals surface area contributed by atoms with Crippen LogP contribution in [0.1, 0.15) is 48.8 Å². The van der Waals surface area contributed by atoms with Gasteiger partial charge in [0.2, 0.25) is 0 Å². The zero-order chi connectivity index (χ0) is 28.4. The van der Waals surface area contributed by atoms with Crippen molar-refractivity contribution < 1.29 is 23.5 Å². The van der Waals surface area contributed by atoms with Gasteiger partial charge in [-0.25, -0.2) is 9.37 Å². The van der Waals surface area contributed by atoms with E-state index in [4.69, 9.17) is 21.1 Å². The maximum Gasteiger partial charge on any atom is 0.255 e. The van der Waals surface area contributed by atoms with Crippen molar-refractivity contribution in [2.75, 3.05) is 12.4 Å². The number of aryl methyl sites for hydroxylation is 1. The number of pyridine rings is 1. The van der Waals surface area contributed by atoms with E-state index < -0.39 is 11.7 Å². The van der Waals surface area contributed by atoms with Gasteiger partial charge in [0.1, 0.15) is 29.7 Å². The summed E-state index contributed by atoms with van der Waals surface area (Å²) < 4.78 is 25.1. The number of ether oxygens (including phenoxy) is 2.